The predicted molar refractivity (Wildman–Crippen MR) is 63.9 cm³/mol. The third kappa shape index (κ3) is 2.06. The van der Waals surface area contributed by atoms with E-state index in [0.29, 0.717) is 5.41 Å². The molecular formula is C14H21N. The molecule has 1 heteroatoms. The van der Waals surface area contributed by atoms with E-state index in [1.807, 2.05) is 6.20 Å². The van der Waals surface area contributed by atoms with Gasteiger partial charge >= 0.3 is 0 Å². The number of fused-ring (bicyclic) bond motifs is 1. The summed E-state index contributed by atoms with van der Waals surface area (Å²) < 4.78 is 0. The van der Waals surface area contributed by atoms with Crippen molar-refractivity contribution >= 4 is 0 Å². The molecule has 0 saturated carbocycles. The summed E-state index contributed by atoms with van der Waals surface area (Å²) in [4.78, 5) is 4.28. The average molecular weight is 203 g/mol. The summed E-state index contributed by atoms with van der Waals surface area (Å²) in [5, 5.41) is 0. The Bertz CT molecular complexity index is 360. The van der Waals surface area contributed by atoms with Crippen LogP contribution in [0.1, 0.15) is 43.9 Å². The topological polar surface area (TPSA) is 12.9 Å². The van der Waals surface area contributed by atoms with E-state index in [1.165, 1.54) is 30.4 Å². The van der Waals surface area contributed by atoms with Crippen molar-refractivity contribution in [2.24, 2.45) is 11.3 Å². The molecule has 82 valence electrons. The number of aryl methyl sites for hydroxylation is 2. The van der Waals surface area contributed by atoms with Crippen LogP contribution in [0.15, 0.2) is 12.4 Å². The minimum Gasteiger partial charge on any atom is -0.264 e. The van der Waals surface area contributed by atoms with Gasteiger partial charge in [0.05, 0.1) is 0 Å². The highest BCUT2D eigenvalue weighted by Gasteiger charge is 2.29. The lowest BCUT2D eigenvalue weighted by molar-refractivity contribution is 0.215. The normalized spacial score (nSPS) is 21.2. The number of hydrogen-bond donors (Lipinski definition) is 0. The van der Waals surface area contributed by atoms with Crippen molar-refractivity contribution in [3.63, 3.8) is 0 Å². The van der Waals surface area contributed by atoms with Gasteiger partial charge in [0.15, 0.2) is 0 Å². The Morgan fingerprint density at radius 1 is 1.27 bits per heavy atom. The molecule has 0 bridgehead atoms. The minimum absolute atomic E-state index is 0.438. The fourth-order valence-corrected chi connectivity index (χ4v) is 2.57. The lowest BCUT2D eigenvalue weighted by Crippen LogP contribution is -2.27. The summed E-state index contributed by atoms with van der Waals surface area (Å²) in [5.74, 6) is 0.825. The van der Waals surface area contributed by atoms with Crippen LogP contribution in [-0.2, 0) is 12.8 Å². The summed E-state index contributed by atoms with van der Waals surface area (Å²) in [5.41, 5.74) is 4.86. The van der Waals surface area contributed by atoms with Crippen LogP contribution in [0, 0.1) is 18.3 Å². The molecule has 0 radical (unpaired) electrons. The fraction of sp³-hybridized carbons (Fsp3) is 0.643. The molecular weight excluding hydrogens is 182 g/mol. The number of rotatable bonds is 0. The highest BCUT2D eigenvalue weighted by atomic mass is 14.6. The molecule has 0 spiro atoms. The molecule has 1 aromatic heterocycles. The lowest BCUT2D eigenvalue weighted by atomic mass is 9.70. The van der Waals surface area contributed by atoms with Gasteiger partial charge in [-0.3, -0.25) is 4.98 Å². The van der Waals surface area contributed by atoms with Gasteiger partial charge < -0.3 is 0 Å². The molecule has 0 unspecified atom stereocenters. The molecule has 1 atom stereocenters. The Balaban J connectivity index is 2.30. The summed E-state index contributed by atoms with van der Waals surface area (Å²) in [6.45, 7) is 9.27. The van der Waals surface area contributed by atoms with Crippen LogP contribution in [0.4, 0.5) is 0 Å². The van der Waals surface area contributed by atoms with Crippen molar-refractivity contribution in [3.8, 4) is 0 Å². The molecule has 1 aliphatic rings. The van der Waals surface area contributed by atoms with E-state index >= 15 is 0 Å². The van der Waals surface area contributed by atoms with Crippen LogP contribution in [0.3, 0.4) is 0 Å². The van der Waals surface area contributed by atoms with Crippen LogP contribution < -0.4 is 0 Å². The van der Waals surface area contributed by atoms with Crippen molar-refractivity contribution in [3.05, 3.63) is 29.1 Å². The third-order valence-corrected chi connectivity index (χ3v) is 3.80. The van der Waals surface area contributed by atoms with Crippen LogP contribution in [-0.4, -0.2) is 4.98 Å². The number of aromatic nitrogens is 1. The van der Waals surface area contributed by atoms with Crippen LogP contribution in [0.5, 0.6) is 0 Å². The molecule has 0 N–H and O–H groups in total. The van der Waals surface area contributed by atoms with Crippen molar-refractivity contribution < 1.29 is 0 Å². The zero-order valence-electron chi connectivity index (χ0n) is 10.3. The molecule has 1 aromatic rings. The quantitative estimate of drug-likeness (QED) is 0.628. The van der Waals surface area contributed by atoms with Crippen molar-refractivity contribution in [2.75, 3.05) is 0 Å². The molecule has 15 heavy (non-hydrogen) atoms. The zero-order valence-corrected chi connectivity index (χ0v) is 10.3. The van der Waals surface area contributed by atoms with Crippen LogP contribution in [0.2, 0.25) is 0 Å². The SMILES string of the molecule is Cc1cncc2c1C[C@@H](C(C)(C)C)CC2. The molecule has 2 rings (SSSR count). The Labute approximate surface area is 92.9 Å². The molecule has 1 nitrogen and oxygen atoms in total. The maximum absolute atomic E-state index is 4.28. The maximum atomic E-state index is 4.28. The van der Waals surface area contributed by atoms with E-state index in [-0.39, 0.29) is 0 Å². The van der Waals surface area contributed by atoms with E-state index in [4.69, 9.17) is 0 Å². The van der Waals surface area contributed by atoms with Crippen LogP contribution in [0.25, 0.3) is 0 Å². The van der Waals surface area contributed by atoms with Gasteiger partial charge in [-0.1, -0.05) is 20.8 Å². The van der Waals surface area contributed by atoms with E-state index in [2.05, 4.69) is 38.9 Å². The van der Waals surface area contributed by atoms with E-state index in [0.717, 1.165) is 5.92 Å². The fourth-order valence-electron chi connectivity index (χ4n) is 2.57. The number of nitrogens with zero attached hydrogens (tertiary/aromatic N) is 1. The van der Waals surface area contributed by atoms with Gasteiger partial charge in [-0.15, -0.1) is 0 Å². The Morgan fingerprint density at radius 3 is 2.67 bits per heavy atom. The van der Waals surface area contributed by atoms with Gasteiger partial charge in [-0.05, 0) is 54.2 Å². The number of hydrogen-bond acceptors (Lipinski definition) is 1. The van der Waals surface area contributed by atoms with Gasteiger partial charge in [0.2, 0.25) is 0 Å². The van der Waals surface area contributed by atoms with Crippen molar-refractivity contribution in [1.82, 2.24) is 4.98 Å². The predicted octanol–water partition coefficient (Wildman–Crippen LogP) is 3.54. The second-order valence-electron chi connectivity index (χ2n) is 5.90. The second-order valence-corrected chi connectivity index (χ2v) is 5.90. The smallest absolute Gasteiger partial charge is 0.0302 e. The van der Waals surface area contributed by atoms with Crippen molar-refractivity contribution in [1.29, 1.82) is 0 Å². The monoisotopic (exact) mass is 203 g/mol. The Morgan fingerprint density at radius 2 is 2.00 bits per heavy atom. The number of pyridine rings is 1. The molecule has 0 saturated heterocycles. The van der Waals surface area contributed by atoms with Crippen molar-refractivity contribution in [2.45, 2.75) is 47.0 Å². The van der Waals surface area contributed by atoms with Crippen LogP contribution >= 0.6 is 0 Å². The highest BCUT2D eigenvalue weighted by Crippen LogP contribution is 2.37. The molecule has 0 fully saturated rings. The van der Waals surface area contributed by atoms with Gasteiger partial charge in [-0.2, -0.15) is 0 Å². The minimum atomic E-state index is 0.438. The average Bonchev–Trinajstić information content (AvgIpc) is 2.16. The highest BCUT2D eigenvalue weighted by molar-refractivity contribution is 5.33. The Hall–Kier alpha value is -0.850. The third-order valence-electron chi connectivity index (χ3n) is 3.80. The largest absolute Gasteiger partial charge is 0.264 e. The van der Waals surface area contributed by atoms with E-state index in [9.17, 15) is 0 Å². The molecule has 0 amide bonds. The van der Waals surface area contributed by atoms with Gasteiger partial charge in [0.25, 0.3) is 0 Å². The summed E-state index contributed by atoms with van der Waals surface area (Å²) >= 11 is 0. The maximum Gasteiger partial charge on any atom is 0.0302 e. The molecule has 0 aliphatic heterocycles. The summed E-state index contributed by atoms with van der Waals surface area (Å²) in [6.07, 6.45) is 7.84. The van der Waals surface area contributed by atoms with Gasteiger partial charge in [-0.25, -0.2) is 0 Å². The zero-order chi connectivity index (χ0) is 11.1. The second kappa shape index (κ2) is 3.62. The standard InChI is InChI=1S/C14H21N/c1-10-8-15-9-11-5-6-12(7-13(10)11)14(2,3)4/h8-9,12H,5-7H2,1-4H3/t12-/m0/s1. The van der Waals surface area contributed by atoms with Gasteiger partial charge in [0, 0.05) is 12.4 Å². The van der Waals surface area contributed by atoms with Gasteiger partial charge in [0.1, 0.15) is 0 Å². The lowest BCUT2D eigenvalue weighted by Gasteiger charge is -2.35. The summed E-state index contributed by atoms with van der Waals surface area (Å²) in [6, 6.07) is 0. The molecule has 1 heterocycles. The van der Waals surface area contributed by atoms with E-state index in [1.54, 1.807) is 5.56 Å². The Kier molecular flexibility index (Phi) is 2.57. The first kappa shape index (κ1) is 10.7. The first-order chi connectivity index (χ1) is 6.98. The first-order valence-corrected chi connectivity index (χ1v) is 5.91. The summed E-state index contributed by atoms with van der Waals surface area (Å²) in [7, 11) is 0. The first-order valence-electron chi connectivity index (χ1n) is 5.91. The molecule has 1 aliphatic carbocycles. The van der Waals surface area contributed by atoms with E-state index < -0.39 is 0 Å². The molecule has 0 aromatic carbocycles.